The van der Waals surface area contributed by atoms with Crippen LogP contribution in [0.5, 0.6) is 5.75 Å². The number of esters is 1. The van der Waals surface area contributed by atoms with Gasteiger partial charge in [-0.1, -0.05) is 36.4 Å². The summed E-state index contributed by atoms with van der Waals surface area (Å²) in [5.74, 6) is -0.690. The van der Waals surface area contributed by atoms with Gasteiger partial charge in [-0.2, -0.15) is 0 Å². The highest BCUT2D eigenvalue weighted by molar-refractivity contribution is 6.32. The molecule has 2 aromatic carbocycles. The van der Waals surface area contributed by atoms with E-state index in [-0.39, 0.29) is 16.4 Å². The van der Waals surface area contributed by atoms with E-state index in [1.54, 1.807) is 30.3 Å². The summed E-state index contributed by atoms with van der Waals surface area (Å²) in [6.07, 6.45) is 4.34. The predicted octanol–water partition coefficient (Wildman–Crippen LogP) is 4.01. The van der Waals surface area contributed by atoms with Crippen molar-refractivity contribution in [2.45, 2.75) is 0 Å². The second-order valence-corrected chi connectivity index (χ2v) is 5.99. The summed E-state index contributed by atoms with van der Waals surface area (Å²) >= 11 is 5.70. The fourth-order valence-corrected chi connectivity index (χ4v) is 2.29. The van der Waals surface area contributed by atoms with E-state index in [1.807, 2.05) is 0 Å². The number of carbonyl (C=O) groups is 2. The average Bonchev–Trinajstić information content (AvgIpc) is 2.71. The number of hydrogen-bond donors (Lipinski definition) is 1. The van der Waals surface area contributed by atoms with E-state index in [4.69, 9.17) is 21.1 Å². The molecule has 0 saturated heterocycles. The Kier molecular flexibility index (Phi) is 7.93. The Balaban J connectivity index is 1.83. The third kappa shape index (κ3) is 7.11. The minimum absolute atomic E-state index is 0.0511. The van der Waals surface area contributed by atoms with Crippen LogP contribution in [0.3, 0.4) is 0 Å². The number of nitrogens with one attached hydrogen (secondary N) is 1. The molecule has 0 heterocycles. The molecule has 0 atom stereocenters. The van der Waals surface area contributed by atoms with E-state index in [9.17, 15) is 19.7 Å². The maximum Gasteiger partial charge on any atom is 0.331 e. The third-order valence-corrected chi connectivity index (χ3v) is 3.75. The number of halogens is 1. The van der Waals surface area contributed by atoms with Crippen molar-refractivity contribution in [3.05, 3.63) is 81.9 Å². The summed E-state index contributed by atoms with van der Waals surface area (Å²) in [5, 5.41) is 13.2. The van der Waals surface area contributed by atoms with Gasteiger partial charge in [-0.15, -0.1) is 0 Å². The molecule has 0 aliphatic heterocycles. The van der Waals surface area contributed by atoms with Gasteiger partial charge in [-0.05, 0) is 35.9 Å². The molecule has 0 aromatic heterocycles. The number of anilines is 1. The van der Waals surface area contributed by atoms with Crippen molar-refractivity contribution >= 4 is 40.9 Å². The number of carbonyl (C=O) groups excluding carboxylic acids is 2. The normalized spacial score (nSPS) is 10.4. The number of nitrogens with zero attached hydrogens (tertiary/aromatic N) is 1. The van der Waals surface area contributed by atoms with Crippen molar-refractivity contribution < 1.29 is 24.0 Å². The van der Waals surface area contributed by atoms with Gasteiger partial charge in [0.25, 0.3) is 11.6 Å². The van der Waals surface area contributed by atoms with Crippen LogP contribution < -0.4 is 10.1 Å². The van der Waals surface area contributed by atoms with E-state index in [0.29, 0.717) is 12.4 Å². The predicted molar refractivity (Wildman–Crippen MR) is 109 cm³/mol. The highest BCUT2D eigenvalue weighted by atomic mass is 35.5. The summed E-state index contributed by atoms with van der Waals surface area (Å²) in [6.45, 7) is 3.41. The number of amides is 1. The van der Waals surface area contributed by atoms with Gasteiger partial charge < -0.3 is 14.8 Å². The molecular weight excluding hydrogens is 400 g/mol. The smallest absolute Gasteiger partial charge is 0.331 e. The fourth-order valence-electron chi connectivity index (χ4n) is 2.11. The zero-order valence-electron chi connectivity index (χ0n) is 15.2. The molecule has 0 aliphatic carbocycles. The van der Waals surface area contributed by atoms with Crippen LogP contribution in [0.4, 0.5) is 11.4 Å². The van der Waals surface area contributed by atoms with Crippen molar-refractivity contribution in [3.8, 4) is 5.75 Å². The molecule has 1 N–H and O–H groups in total. The molecule has 2 rings (SSSR count). The van der Waals surface area contributed by atoms with Gasteiger partial charge in [0, 0.05) is 17.8 Å². The molecular formula is C20H17ClN2O6. The summed E-state index contributed by atoms with van der Waals surface area (Å²) in [4.78, 5) is 33.8. The van der Waals surface area contributed by atoms with E-state index < -0.39 is 23.4 Å². The Bertz CT molecular complexity index is 940. The first-order chi connectivity index (χ1) is 13.9. The highest BCUT2D eigenvalue weighted by Gasteiger charge is 2.14. The molecule has 0 unspecified atom stereocenters. The lowest BCUT2D eigenvalue weighted by atomic mass is 10.2. The van der Waals surface area contributed by atoms with Crippen LogP contribution in [0.1, 0.15) is 5.56 Å². The largest absolute Gasteiger partial charge is 0.490 e. The molecule has 150 valence electrons. The molecule has 9 heteroatoms. The molecule has 0 saturated carbocycles. The van der Waals surface area contributed by atoms with Crippen molar-refractivity contribution in [3.63, 3.8) is 0 Å². The molecule has 0 aliphatic rings. The van der Waals surface area contributed by atoms with Gasteiger partial charge >= 0.3 is 5.97 Å². The lowest BCUT2D eigenvalue weighted by Crippen LogP contribution is -2.20. The van der Waals surface area contributed by atoms with Crippen molar-refractivity contribution in [2.24, 2.45) is 0 Å². The molecule has 29 heavy (non-hydrogen) atoms. The van der Waals surface area contributed by atoms with Gasteiger partial charge in [0.15, 0.2) is 6.61 Å². The van der Waals surface area contributed by atoms with Gasteiger partial charge in [0.05, 0.1) is 4.92 Å². The topological polar surface area (TPSA) is 108 Å². The SMILES string of the molecule is C=CCOc1ccc(/C=C/C(=O)OCC(=O)Nc2ccc(Cl)c([N+](=O)[O-])c2)cc1. The number of nitro groups is 1. The fraction of sp³-hybridized carbons (Fsp3) is 0.100. The van der Waals surface area contributed by atoms with Crippen LogP contribution in [-0.2, 0) is 14.3 Å². The van der Waals surface area contributed by atoms with Crippen LogP contribution in [0.25, 0.3) is 6.08 Å². The minimum atomic E-state index is -0.714. The standard InChI is InChI=1S/C20H17ClN2O6/c1-2-11-28-16-7-3-14(4-8-16)5-10-20(25)29-13-19(24)22-15-6-9-17(21)18(12-15)23(26)27/h2-10,12H,1,11,13H2,(H,22,24)/b10-5+. The highest BCUT2D eigenvalue weighted by Crippen LogP contribution is 2.27. The van der Waals surface area contributed by atoms with Gasteiger partial charge in [-0.3, -0.25) is 14.9 Å². The Morgan fingerprint density at radius 1 is 1.21 bits per heavy atom. The Hall–Kier alpha value is -3.65. The van der Waals surface area contributed by atoms with Crippen molar-refractivity contribution in [1.82, 2.24) is 0 Å². The third-order valence-electron chi connectivity index (χ3n) is 3.43. The van der Waals surface area contributed by atoms with Crippen LogP contribution in [0.2, 0.25) is 5.02 Å². The summed E-state index contributed by atoms with van der Waals surface area (Å²) < 4.78 is 10.2. The zero-order chi connectivity index (χ0) is 21.2. The van der Waals surface area contributed by atoms with Crippen LogP contribution >= 0.6 is 11.6 Å². The second kappa shape index (κ2) is 10.6. The Morgan fingerprint density at radius 3 is 2.59 bits per heavy atom. The molecule has 0 fully saturated rings. The molecule has 8 nitrogen and oxygen atoms in total. The summed E-state index contributed by atoms with van der Waals surface area (Å²) in [7, 11) is 0. The van der Waals surface area contributed by atoms with Gasteiger partial charge in [-0.25, -0.2) is 4.79 Å². The van der Waals surface area contributed by atoms with Crippen LogP contribution in [0.15, 0.2) is 61.2 Å². The summed E-state index contributed by atoms with van der Waals surface area (Å²) in [6, 6.07) is 10.8. The van der Waals surface area contributed by atoms with Crippen molar-refractivity contribution in [2.75, 3.05) is 18.5 Å². The molecule has 2 aromatic rings. The number of hydrogen-bond acceptors (Lipinski definition) is 6. The Labute approximate surface area is 171 Å². The number of benzene rings is 2. The second-order valence-electron chi connectivity index (χ2n) is 5.58. The van der Waals surface area contributed by atoms with Gasteiger partial charge in [0.1, 0.15) is 17.4 Å². The molecule has 0 radical (unpaired) electrons. The first-order valence-electron chi connectivity index (χ1n) is 8.31. The maximum absolute atomic E-state index is 11.8. The quantitative estimate of drug-likeness (QED) is 0.217. The average molecular weight is 417 g/mol. The monoisotopic (exact) mass is 416 g/mol. The van der Waals surface area contributed by atoms with Gasteiger partial charge in [0.2, 0.25) is 0 Å². The Morgan fingerprint density at radius 2 is 1.93 bits per heavy atom. The van der Waals surface area contributed by atoms with Crippen LogP contribution in [0, 0.1) is 10.1 Å². The van der Waals surface area contributed by atoms with E-state index in [2.05, 4.69) is 11.9 Å². The minimum Gasteiger partial charge on any atom is -0.490 e. The first kappa shape index (κ1) is 21.6. The maximum atomic E-state index is 11.8. The number of ether oxygens (including phenoxy) is 2. The molecule has 1 amide bonds. The molecule has 0 spiro atoms. The van der Waals surface area contributed by atoms with E-state index in [1.165, 1.54) is 24.3 Å². The first-order valence-corrected chi connectivity index (χ1v) is 8.69. The van der Waals surface area contributed by atoms with Crippen molar-refractivity contribution in [1.29, 1.82) is 0 Å². The van der Waals surface area contributed by atoms with Crippen LogP contribution in [-0.4, -0.2) is 30.0 Å². The zero-order valence-corrected chi connectivity index (χ0v) is 15.9. The lowest BCUT2D eigenvalue weighted by molar-refractivity contribution is -0.384. The van der Waals surface area contributed by atoms with E-state index >= 15 is 0 Å². The summed E-state index contributed by atoms with van der Waals surface area (Å²) in [5.41, 5.74) is 0.563. The molecule has 0 bridgehead atoms. The number of nitro benzene ring substituents is 1. The van der Waals surface area contributed by atoms with E-state index in [0.717, 1.165) is 11.6 Å². The lowest BCUT2D eigenvalue weighted by Gasteiger charge is -2.06. The number of rotatable bonds is 9.